The Morgan fingerprint density at radius 3 is 2.58 bits per heavy atom. The lowest BCUT2D eigenvalue weighted by Crippen LogP contribution is -2.48. The summed E-state index contributed by atoms with van der Waals surface area (Å²) < 4.78 is 28.2. The summed E-state index contributed by atoms with van der Waals surface area (Å²) in [5.74, 6) is 0.520. The Kier molecular flexibility index (Phi) is 4.81. The minimum atomic E-state index is -2.90. The van der Waals surface area contributed by atoms with Gasteiger partial charge >= 0.3 is 0 Å². The number of nitrogens with zero attached hydrogens (tertiary/aromatic N) is 2. The van der Waals surface area contributed by atoms with Crippen molar-refractivity contribution in [3.8, 4) is 0 Å². The minimum Gasteiger partial charge on any atom is -0.378 e. The maximum absolute atomic E-state index is 12.2. The zero-order chi connectivity index (χ0) is 13.9. The van der Waals surface area contributed by atoms with Crippen molar-refractivity contribution in [1.82, 2.24) is 9.80 Å². The Morgan fingerprint density at radius 2 is 2.05 bits per heavy atom. The van der Waals surface area contributed by atoms with Gasteiger partial charge < -0.3 is 9.64 Å². The van der Waals surface area contributed by atoms with E-state index in [2.05, 4.69) is 0 Å². The SMILES string of the molecule is CCN(CC(=O)N1CCOCC1)C1CCS(=O)(=O)C1. The normalized spacial score (nSPS) is 26.8. The third-order valence-electron chi connectivity index (χ3n) is 3.83. The smallest absolute Gasteiger partial charge is 0.236 e. The quantitative estimate of drug-likeness (QED) is 0.688. The van der Waals surface area contributed by atoms with E-state index < -0.39 is 9.84 Å². The van der Waals surface area contributed by atoms with E-state index >= 15 is 0 Å². The van der Waals surface area contributed by atoms with Crippen LogP contribution in [0.1, 0.15) is 13.3 Å². The fourth-order valence-electron chi connectivity index (χ4n) is 2.65. The highest BCUT2D eigenvalue weighted by Gasteiger charge is 2.33. The molecule has 0 spiro atoms. The van der Waals surface area contributed by atoms with Crippen molar-refractivity contribution in [2.45, 2.75) is 19.4 Å². The molecular formula is C12H22N2O4S. The number of ether oxygens (including phenoxy) is 1. The summed E-state index contributed by atoms with van der Waals surface area (Å²) in [6.45, 7) is 5.45. The molecule has 2 rings (SSSR count). The molecule has 19 heavy (non-hydrogen) atoms. The van der Waals surface area contributed by atoms with E-state index in [-0.39, 0.29) is 23.5 Å². The molecule has 1 unspecified atom stereocenters. The summed E-state index contributed by atoms with van der Waals surface area (Å²) >= 11 is 0. The Labute approximate surface area is 114 Å². The first-order chi connectivity index (χ1) is 9.02. The predicted molar refractivity (Wildman–Crippen MR) is 71.7 cm³/mol. The Balaban J connectivity index is 1.90. The topological polar surface area (TPSA) is 66.9 Å². The molecule has 7 heteroatoms. The summed E-state index contributed by atoms with van der Waals surface area (Å²) in [7, 11) is -2.90. The number of carbonyl (C=O) groups excluding carboxylic acids is 1. The average Bonchev–Trinajstić information content (AvgIpc) is 2.77. The Bertz CT molecular complexity index is 417. The van der Waals surface area contributed by atoms with E-state index in [9.17, 15) is 13.2 Å². The van der Waals surface area contributed by atoms with Crippen LogP contribution in [-0.4, -0.2) is 81.1 Å². The van der Waals surface area contributed by atoms with Crippen LogP contribution in [0, 0.1) is 0 Å². The summed E-state index contributed by atoms with van der Waals surface area (Å²) in [6.07, 6.45) is 0.645. The molecule has 0 aliphatic carbocycles. The van der Waals surface area contributed by atoms with Crippen molar-refractivity contribution in [2.75, 3.05) is 50.9 Å². The summed E-state index contributed by atoms with van der Waals surface area (Å²) in [5.41, 5.74) is 0. The van der Waals surface area contributed by atoms with Crippen LogP contribution in [-0.2, 0) is 19.4 Å². The van der Waals surface area contributed by atoms with Crippen molar-refractivity contribution in [3.05, 3.63) is 0 Å². The van der Waals surface area contributed by atoms with Gasteiger partial charge in [0.1, 0.15) is 0 Å². The number of amides is 1. The van der Waals surface area contributed by atoms with Crippen molar-refractivity contribution < 1.29 is 17.9 Å². The second-order valence-electron chi connectivity index (χ2n) is 5.11. The van der Waals surface area contributed by atoms with E-state index in [1.54, 1.807) is 4.90 Å². The van der Waals surface area contributed by atoms with Crippen molar-refractivity contribution in [2.24, 2.45) is 0 Å². The predicted octanol–water partition coefficient (Wildman–Crippen LogP) is -0.646. The second-order valence-corrected chi connectivity index (χ2v) is 7.34. The van der Waals surface area contributed by atoms with Gasteiger partial charge in [0.25, 0.3) is 0 Å². The number of sulfone groups is 1. The van der Waals surface area contributed by atoms with E-state index in [1.807, 2.05) is 11.8 Å². The third-order valence-corrected chi connectivity index (χ3v) is 5.58. The minimum absolute atomic E-state index is 0.00000874. The van der Waals surface area contributed by atoms with Gasteiger partial charge in [-0.25, -0.2) is 8.42 Å². The van der Waals surface area contributed by atoms with Gasteiger partial charge in [0, 0.05) is 19.1 Å². The summed E-state index contributed by atoms with van der Waals surface area (Å²) in [5, 5.41) is 0. The molecule has 0 aromatic rings. The summed E-state index contributed by atoms with van der Waals surface area (Å²) in [4.78, 5) is 16.0. The zero-order valence-electron chi connectivity index (χ0n) is 11.4. The van der Waals surface area contributed by atoms with Crippen molar-refractivity contribution >= 4 is 15.7 Å². The average molecular weight is 290 g/mol. The van der Waals surface area contributed by atoms with Crippen LogP contribution < -0.4 is 0 Å². The zero-order valence-corrected chi connectivity index (χ0v) is 12.2. The highest BCUT2D eigenvalue weighted by Crippen LogP contribution is 2.17. The maximum Gasteiger partial charge on any atom is 0.236 e. The van der Waals surface area contributed by atoms with Gasteiger partial charge in [0.15, 0.2) is 9.84 Å². The number of rotatable bonds is 4. The number of likely N-dealkylation sites (N-methyl/N-ethyl adjacent to an activating group) is 1. The third kappa shape index (κ3) is 3.90. The van der Waals surface area contributed by atoms with E-state index in [0.717, 1.165) is 0 Å². The fraction of sp³-hybridized carbons (Fsp3) is 0.917. The lowest BCUT2D eigenvalue weighted by atomic mass is 10.2. The van der Waals surface area contributed by atoms with E-state index in [1.165, 1.54) is 0 Å². The highest BCUT2D eigenvalue weighted by atomic mass is 32.2. The molecule has 0 aromatic carbocycles. The first kappa shape index (κ1) is 14.7. The molecule has 0 aromatic heterocycles. The monoisotopic (exact) mass is 290 g/mol. The molecule has 1 atom stereocenters. The largest absolute Gasteiger partial charge is 0.378 e. The van der Waals surface area contributed by atoms with Crippen LogP contribution in [0.4, 0.5) is 0 Å². The van der Waals surface area contributed by atoms with Crippen LogP contribution >= 0.6 is 0 Å². The molecule has 1 amide bonds. The number of hydrogen-bond donors (Lipinski definition) is 0. The van der Waals surface area contributed by atoms with Crippen LogP contribution in [0.2, 0.25) is 0 Å². The molecule has 0 saturated carbocycles. The number of carbonyl (C=O) groups is 1. The van der Waals surface area contributed by atoms with Crippen LogP contribution in [0.3, 0.4) is 0 Å². The number of morpholine rings is 1. The second kappa shape index (κ2) is 6.19. The Hall–Kier alpha value is -0.660. The lowest BCUT2D eigenvalue weighted by molar-refractivity contribution is -0.136. The van der Waals surface area contributed by atoms with Gasteiger partial charge in [-0.3, -0.25) is 9.69 Å². The van der Waals surface area contributed by atoms with Gasteiger partial charge in [-0.05, 0) is 13.0 Å². The summed E-state index contributed by atoms with van der Waals surface area (Å²) in [6, 6.07) is -0.00000874. The molecule has 6 nitrogen and oxygen atoms in total. The van der Waals surface area contributed by atoms with Gasteiger partial charge in [-0.1, -0.05) is 6.92 Å². The van der Waals surface area contributed by atoms with Gasteiger partial charge in [0.05, 0.1) is 31.3 Å². The van der Waals surface area contributed by atoms with E-state index in [4.69, 9.17) is 4.74 Å². The first-order valence-corrected chi connectivity index (χ1v) is 8.64. The van der Waals surface area contributed by atoms with Crippen molar-refractivity contribution in [3.63, 3.8) is 0 Å². The van der Waals surface area contributed by atoms with Gasteiger partial charge in [-0.2, -0.15) is 0 Å². The molecule has 2 aliphatic heterocycles. The molecule has 2 fully saturated rings. The maximum atomic E-state index is 12.2. The molecule has 0 N–H and O–H groups in total. The van der Waals surface area contributed by atoms with Crippen molar-refractivity contribution in [1.29, 1.82) is 0 Å². The molecule has 0 radical (unpaired) electrons. The van der Waals surface area contributed by atoms with Crippen LogP contribution in [0.25, 0.3) is 0 Å². The molecule has 2 heterocycles. The Morgan fingerprint density at radius 1 is 1.37 bits per heavy atom. The number of hydrogen-bond acceptors (Lipinski definition) is 5. The molecule has 110 valence electrons. The lowest BCUT2D eigenvalue weighted by Gasteiger charge is -2.31. The van der Waals surface area contributed by atoms with Gasteiger partial charge in [-0.15, -0.1) is 0 Å². The van der Waals surface area contributed by atoms with Crippen LogP contribution in [0.15, 0.2) is 0 Å². The van der Waals surface area contributed by atoms with Crippen LogP contribution in [0.5, 0.6) is 0 Å². The molecule has 0 bridgehead atoms. The standard InChI is InChI=1S/C12H22N2O4S/c1-2-13(11-3-8-19(16,17)10-11)9-12(15)14-4-6-18-7-5-14/h11H,2-10H2,1H3. The van der Waals surface area contributed by atoms with E-state index in [0.29, 0.717) is 45.8 Å². The molecule has 2 saturated heterocycles. The fourth-order valence-corrected chi connectivity index (χ4v) is 4.41. The van der Waals surface area contributed by atoms with Gasteiger partial charge in [0.2, 0.25) is 5.91 Å². The highest BCUT2D eigenvalue weighted by molar-refractivity contribution is 7.91. The first-order valence-electron chi connectivity index (χ1n) is 6.82. The molecular weight excluding hydrogens is 268 g/mol. The molecule has 2 aliphatic rings.